The van der Waals surface area contributed by atoms with Crippen molar-refractivity contribution in [1.82, 2.24) is 25.2 Å². The molecule has 33 heavy (non-hydrogen) atoms. The molecule has 5 heterocycles. The fourth-order valence-corrected chi connectivity index (χ4v) is 4.49. The monoisotopic (exact) mass is 468 g/mol. The maximum atomic E-state index is 11.5. The van der Waals surface area contributed by atoms with Crippen molar-refractivity contribution in [3.05, 3.63) is 46.7 Å². The molecular formula is C23H25ClN6O3. The van der Waals surface area contributed by atoms with E-state index in [-0.39, 0.29) is 12.5 Å². The molecule has 0 saturated carbocycles. The van der Waals surface area contributed by atoms with Gasteiger partial charge >= 0.3 is 0 Å². The number of nitrogens with zero attached hydrogens (tertiary/aromatic N) is 4. The molecule has 0 radical (unpaired) electrons. The Morgan fingerprint density at radius 3 is 3.09 bits per heavy atom. The smallest absolute Gasteiger partial charge is 0.263 e. The van der Waals surface area contributed by atoms with Crippen molar-refractivity contribution in [2.24, 2.45) is 0 Å². The summed E-state index contributed by atoms with van der Waals surface area (Å²) in [5, 5.41) is 6.96. The summed E-state index contributed by atoms with van der Waals surface area (Å²) in [7, 11) is 1.60. The van der Waals surface area contributed by atoms with E-state index in [0.717, 1.165) is 54.8 Å². The first kappa shape index (κ1) is 21.8. The molecule has 2 N–H and O–H groups in total. The van der Waals surface area contributed by atoms with Gasteiger partial charge in [-0.3, -0.25) is 9.78 Å². The minimum atomic E-state index is -0.178. The fraction of sp³-hybridized carbons (Fsp3) is 0.391. The maximum absolute atomic E-state index is 11.5. The minimum absolute atomic E-state index is 0.0360. The van der Waals surface area contributed by atoms with Gasteiger partial charge in [0.15, 0.2) is 18.2 Å². The number of ether oxygens (including phenoxy) is 2. The number of hydrogen-bond acceptors (Lipinski definition) is 8. The van der Waals surface area contributed by atoms with E-state index in [9.17, 15) is 4.79 Å². The lowest BCUT2D eigenvalue weighted by molar-refractivity contribution is -0.118. The number of aromatic nitrogens is 3. The van der Waals surface area contributed by atoms with Crippen molar-refractivity contribution >= 4 is 34.4 Å². The molecule has 0 aromatic carbocycles. The highest BCUT2D eigenvalue weighted by Crippen LogP contribution is 2.27. The quantitative estimate of drug-likeness (QED) is 0.545. The Bertz CT molecular complexity index is 1190. The molecule has 0 aliphatic carbocycles. The zero-order chi connectivity index (χ0) is 22.8. The Kier molecular flexibility index (Phi) is 6.26. The van der Waals surface area contributed by atoms with Crippen molar-refractivity contribution in [3.63, 3.8) is 0 Å². The van der Waals surface area contributed by atoms with Gasteiger partial charge in [-0.1, -0.05) is 11.6 Å². The zero-order valence-corrected chi connectivity index (χ0v) is 19.1. The van der Waals surface area contributed by atoms with Gasteiger partial charge in [-0.15, -0.1) is 0 Å². The van der Waals surface area contributed by atoms with Crippen LogP contribution in [0.25, 0.3) is 11.0 Å². The molecule has 10 heteroatoms. The second-order valence-electron chi connectivity index (χ2n) is 8.21. The normalized spacial score (nSPS) is 18.1. The summed E-state index contributed by atoms with van der Waals surface area (Å²) in [5.74, 6) is 1.48. The van der Waals surface area contributed by atoms with E-state index in [0.29, 0.717) is 35.1 Å². The van der Waals surface area contributed by atoms with Crippen LogP contribution in [0.5, 0.6) is 11.6 Å². The lowest BCUT2D eigenvalue weighted by atomic mass is 10.1. The Morgan fingerprint density at radius 1 is 1.30 bits per heavy atom. The van der Waals surface area contributed by atoms with Gasteiger partial charge in [-0.05, 0) is 37.6 Å². The predicted octanol–water partition coefficient (Wildman–Crippen LogP) is 2.42. The number of fused-ring (bicyclic) bond motifs is 2. The number of amides is 1. The summed E-state index contributed by atoms with van der Waals surface area (Å²) in [5.41, 5.74) is 3.48. The number of likely N-dealkylation sites (tertiary alicyclic amines) is 1. The number of pyridine rings is 3. The molecule has 9 nitrogen and oxygen atoms in total. The van der Waals surface area contributed by atoms with Crippen molar-refractivity contribution in [2.75, 3.05) is 38.7 Å². The Labute approximate surface area is 196 Å². The highest BCUT2D eigenvalue weighted by molar-refractivity contribution is 6.32. The molecule has 1 fully saturated rings. The second-order valence-corrected chi connectivity index (χ2v) is 8.62. The van der Waals surface area contributed by atoms with Crippen LogP contribution in [-0.2, 0) is 17.8 Å². The summed E-state index contributed by atoms with van der Waals surface area (Å²) in [6.45, 7) is 3.51. The summed E-state index contributed by atoms with van der Waals surface area (Å²) in [6.07, 6.45) is 3.54. The fourth-order valence-electron chi connectivity index (χ4n) is 4.25. The van der Waals surface area contributed by atoms with Crippen LogP contribution in [0.4, 0.5) is 5.82 Å². The van der Waals surface area contributed by atoms with Crippen LogP contribution < -0.4 is 20.1 Å². The highest BCUT2D eigenvalue weighted by Gasteiger charge is 2.23. The first-order valence-corrected chi connectivity index (χ1v) is 11.3. The average molecular weight is 469 g/mol. The molecule has 3 aromatic rings. The van der Waals surface area contributed by atoms with Gasteiger partial charge < -0.3 is 25.0 Å². The van der Waals surface area contributed by atoms with Gasteiger partial charge in [0, 0.05) is 43.5 Å². The van der Waals surface area contributed by atoms with E-state index in [2.05, 4.69) is 30.5 Å². The van der Waals surface area contributed by atoms with Gasteiger partial charge in [0.2, 0.25) is 5.88 Å². The van der Waals surface area contributed by atoms with Gasteiger partial charge in [0.25, 0.3) is 5.91 Å². The molecule has 1 atom stereocenters. The van der Waals surface area contributed by atoms with E-state index >= 15 is 0 Å². The van der Waals surface area contributed by atoms with Crippen LogP contribution in [-0.4, -0.2) is 65.2 Å². The van der Waals surface area contributed by atoms with Gasteiger partial charge in [0.05, 0.1) is 28.9 Å². The second kappa shape index (κ2) is 9.46. The van der Waals surface area contributed by atoms with E-state index in [1.165, 1.54) is 0 Å². The Morgan fingerprint density at radius 2 is 2.21 bits per heavy atom. The zero-order valence-electron chi connectivity index (χ0n) is 18.3. The number of carbonyl (C=O) groups excluding carboxylic acids is 1. The molecule has 1 unspecified atom stereocenters. The van der Waals surface area contributed by atoms with Crippen molar-refractivity contribution in [3.8, 4) is 11.6 Å². The molecule has 2 aliphatic rings. The summed E-state index contributed by atoms with van der Waals surface area (Å²) >= 11 is 6.47. The van der Waals surface area contributed by atoms with Crippen molar-refractivity contribution in [1.29, 1.82) is 0 Å². The molecule has 3 aromatic heterocycles. The van der Waals surface area contributed by atoms with E-state index in [1.807, 2.05) is 24.3 Å². The number of anilines is 1. The molecule has 0 bridgehead atoms. The number of hydrogen-bond donors (Lipinski definition) is 2. The summed E-state index contributed by atoms with van der Waals surface area (Å²) in [6, 6.07) is 7.86. The minimum Gasteiger partial charge on any atom is -0.481 e. The predicted molar refractivity (Wildman–Crippen MR) is 125 cm³/mol. The third-order valence-corrected chi connectivity index (χ3v) is 6.33. The lowest BCUT2D eigenvalue weighted by Crippen LogP contribution is -2.33. The van der Waals surface area contributed by atoms with Crippen LogP contribution in [0.3, 0.4) is 0 Å². The Hall–Kier alpha value is -3.01. The highest BCUT2D eigenvalue weighted by atomic mass is 35.5. The summed E-state index contributed by atoms with van der Waals surface area (Å²) < 4.78 is 10.6. The molecular weight excluding hydrogens is 444 g/mol. The molecule has 2 aliphatic heterocycles. The van der Waals surface area contributed by atoms with Gasteiger partial charge in [0.1, 0.15) is 0 Å². The maximum Gasteiger partial charge on any atom is 0.263 e. The summed E-state index contributed by atoms with van der Waals surface area (Å²) in [4.78, 5) is 27.4. The van der Waals surface area contributed by atoms with Gasteiger partial charge in [-0.25, -0.2) is 9.97 Å². The number of methoxy groups -OCH3 is 1. The number of carbonyl (C=O) groups is 1. The largest absolute Gasteiger partial charge is 0.481 e. The Balaban J connectivity index is 1.17. The van der Waals surface area contributed by atoms with Crippen LogP contribution in [0.1, 0.15) is 17.7 Å². The average Bonchev–Trinajstić information content (AvgIpc) is 3.29. The van der Waals surface area contributed by atoms with E-state index in [4.69, 9.17) is 21.1 Å². The van der Waals surface area contributed by atoms with Crippen LogP contribution >= 0.6 is 11.6 Å². The number of nitrogens with one attached hydrogen (secondary N) is 2. The SMILES string of the molecule is COc1ccc2ncc(Cl)c(CCN3CCC(NCc4ccc5c(n4)NC(=O)CO5)C3)c2n1. The molecule has 5 rings (SSSR count). The van der Waals surface area contributed by atoms with Crippen LogP contribution in [0.15, 0.2) is 30.5 Å². The van der Waals surface area contributed by atoms with E-state index < -0.39 is 0 Å². The number of rotatable bonds is 7. The molecule has 1 saturated heterocycles. The van der Waals surface area contributed by atoms with Crippen molar-refractivity contribution < 1.29 is 14.3 Å². The topological polar surface area (TPSA) is 102 Å². The third-order valence-electron chi connectivity index (χ3n) is 6.00. The lowest BCUT2D eigenvalue weighted by Gasteiger charge is -2.19. The van der Waals surface area contributed by atoms with Crippen LogP contribution in [0.2, 0.25) is 5.02 Å². The molecule has 172 valence electrons. The first-order chi connectivity index (χ1) is 16.1. The number of halogens is 1. The van der Waals surface area contributed by atoms with E-state index in [1.54, 1.807) is 13.3 Å². The molecule has 0 spiro atoms. The third kappa shape index (κ3) is 4.85. The standard InChI is InChI=1S/C23H25ClN6O3/c1-32-21-5-3-18-22(29-21)16(17(24)11-26-18)7-9-30-8-6-15(12-30)25-10-14-2-4-19-23(27-14)28-20(31)13-33-19/h2-5,11,15,25H,6-10,12-13H2,1H3,(H,27,28,31). The van der Waals surface area contributed by atoms with Crippen molar-refractivity contribution in [2.45, 2.75) is 25.4 Å². The van der Waals surface area contributed by atoms with Gasteiger partial charge in [-0.2, -0.15) is 0 Å². The first-order valence-electron chi connectivity index (χ1n) is 11.0. The molecule has 1 amide bonds. The van der Waals surface area contributed by atoms with Crippen LogP contribution in [0, 0.1) is 0 Å².